The quantitative estimate of drug-likeness (QED) is 0.812. The molecule has 0 amide bonds. The molecule has 0 aliphatic heterocycles. The SMILES string of the molecule is COc1ccc(OC)c(NC(=S)NC2C3CC4CC(C3)CC2C4)c1. The lowest BCUT2D eigenvalue weighted by Crippen LogP contribution is -2.56. The van der Waals surface area contributed by atoms with Crippen LogP contribution in [0.2, 0.25) is 0 Å². The number of ether oxygens (including phenoxy) is 2. The normalized spacial score (nSPS) is 33.2. The molecule has 4 saturated carbocycles. The molecule has 5 heteroatoms. The van der Waals surface area contributed by atoms with E-state index in [1.54, 1.807) is 14.2 Å². The Morgan fingerprint density at radius 2 is 1.67 bits per heavy atom. The van der Waals surface area contributed by atoms with Crippen LogP contribution >= 0.6 is 12.2 Å². The van der Waals surface area contributed by atoms with E-state index in [-0.39, 0.29) is 0 Å². The van der Waals surface area contributed by atoms with Crippen LogP contribution in [0.5, 0.6) is 11.5 Å². The molecule has 1 aromatic carbocycles. The summed E-state index contributed by atoms with van der Waals surface area (Å²) in [6, 6.07) is 6.24. The van der Waals surface area contributed by atoms with Crippen LogP contribution in [0.15, 0.2) is 18.2 Å². The molecule has 0 atom stereocenters. The maximum Gasteiger partial charge on any atom is 0.171 e. The highest BCUT2D eigenvalue weighted by molar-refractivity contribution is 7.80. The molecule has 0 unspecified atom stereocenters. The molecule has 0 spiro atoms. The summed E-state index contributed by atoms with van der Waals surface area (Å²) >= 11 is 5.60. The molecular weight excluding hydrogens is 320 g/mol. The van der Waals surface area contributed by atoms with Gasteiger partial charge in [-0.3, -0.25) is 0 Å². The molecule has 0 aromatic heterocycles. The van der Waals surface area contributed by atoms with E-state index >= 15 is 0 Å². The number of methoxy groups -OCH3 is 2. The van der Waals surface area contributed by atoms with Crippen LogP contribution in [0, 0.1) is 23.7 Å². The van der Waals surface area contributed by atoms with E-state index in [1.807, 2.05) is 18.2 Å². The van der Waals surface area contributed by atoms with Crippen molar-refractivity contribution in [3.8, 4) is 11.5 Å². The van der Waals surface area contributed by atoms with Gasteiger partial charge >= 0.3 is 0 Å². The minimum atomic E-state index is 0.536. The molecule has 4 nitrogen and oxygen atoms in total. The van der Waals surface area contributed by atoms with Gasteiger partial charge in [-0.25, -0.2) is 0 Å². The number of hydrogen-bond acceptors (Lipinski definition) is 3. The second-order valence-electron chi connectivity index (χ2n) is 7.62. The Labute approximate surface area is 149 Å². The predicted molar refractivity (Wildman–Crippen MR) is 99.7 cm³/mol. The van der Waals surface area contributed by atoms with Gasteiger partial charge < -0.3 is 20.1 Å². The minimum absolute atomic E-state index is 0.536. The zero-order valence-corrected chi connectivity index (χ0v) is 15.2. The third kappa shape index (κ3) is 2.94. The Morgan fingerprint density at radius 1 is 1.00 bits per heavy atom. The van der Waals surface area contributed by atoms with Crippen LogP contribution in [-0.4, -0.2) is 25.4 Å². The molecule has 0 heterocycles. The molecule has 4 bridgehead atoms. The van der Waals surface area contributed by atoms with Crippen molar-refractivity contribution in [2.24, 2.45) is 23.7 Å². The summed E-state index contributed by atoms with van der Waals surface area (Å²) in [5, 5.41) is 7.63. The van der Waals surface area contributed by atoms with Crippen molar-refractivity contribution in [3.63, 3.8) is 0 Å². The van der Waals surface area contributed by atoms with Gasteiger partial charge in [0.05, 0.1) is 19.9 Å². The highest BCUT2D eigenvalue weighted by Gasteiger charge is 2.48. The van der Waals surface area contributed by atoms with Crippen molar-refractivity contribution >= 4 is 23.0 Å². The van der Waals surface area contributed by atoms with Gasteiger partial charge in [-0.05, 0) is 80.1 Å². The Bertz CT molecular complexity index is 606. The monoisotopic (exact) mass is 346 g/mol. The highest BCUT2D eigenvalue weighted by Crippen LogP contribution is 2.53. The molecule has 0 radical (unpaired) electrons. The van der Waals surface area contributed by atoms with Crippen molar-refractivity contribution in [2.45, 2.75) is 38.1 Å². The van der Waals surface area contributed by atoms with Crippen molar-refractivity contribution in [1.29, 1.82) is 0 Å². The van der Waals surface area contributed by atoms with Gasteiger partial charge in [0.1, 0.15) is 11.5 Å². The first-order valence-corrected chi connectivity index (χ1v) is 9.36. The van der Waals surface area contributed by atoms with Gasteiger partial charge in [-0.2, -0.15) is 0 Å². The van der Waals surface area contributed by atoms with Crippen LogP contribution in [0.4, 0.5) is 5.69 Å². The van der Waals surface area contributed by atoms with Gasteiger partial charge in [0.2, 0.25) is 0 Å². The second-order valence-corrected chi connectivity index (χ2v) is 8.03. The second kappa shape index (κ2) is 6.43. The van der Waals surface area contributed by atoms with E-state index in [2.05, 4.69) is 10.6 Å². The standard InChI is InChI=1S/C19H26N2O2S/c1-22-15-3-4-17(23-2)16(10-15)20-19(24)21-18-13-6-11-5-12(8-13)9-14(18)7-11/h3-4,10-14,18H,5-9H2,1-2H3,(H2,20,21,24). The number of anilines is 1. The molecule has 4 aliphatic rings. The summed E-state index contributed by atoms with van der Waals surface area (Å²) in [6.07, 6.45) is 7.01. The first kappa shape index (κ1) is 16.0. The van der Waals surface area contributed by atoms with Crippen molar-refractivity contribution < 1.29 is 9.47 Å². The fraction of sp³-hybridized carbons (Fsp3) is 0.632. The van der Waals surface area contributed by atoms with Gasteiger partial charge in [0.25, 0.3) is 0 Å². The van der Waals surface area contributed by atoms with E-state index in [0.717, 1.165) is 40.9 Å². The minimum Gasteiger partial charge on any atom is -0.497 e. The molecule has 5 rings (SSSR count). The molecule has 2 N–H and O–H groups in total. The summed E-state index contributed by atoms with van der Waals surface area (Å²) in [4.78, 5) is 0. The van der Waals surface area contributed by atoms with Crippen molar-refractivity contribution in [1.82, 2.24) is 5.32 Å². The van der Waals surface area contributed by atoms with E-state index < -0.39 is 0 Å². The first-order valence-electron chi connectivity index (χ1n) is 8.95. The molecule has 0 saturated heterocycles. The average Bonchev–Trinajstić information content (AvgIpc) is 2.57. The summed E-state index contributed by atoms with van der Waals surface area (Å²) in [5.41, 5.74) is 0.846. The van der Waals surface area contributed by atoms with Crippen LogP contribution in [0.1, 0.15) is 32.1 Å². The van der Waals surface area contributed by atoms with E-state index in [0.29, 0.717) is 11.2 Å². The zero-order valence-electron chi connectivity index (χ0n) is 14.4. The Balaban J connectivity index is 1.44. The van der Waals surface area contributed by atoms with E-state index in [4.69, 9.17) is 21.7 Å². The van der Waals surface area contributed by atoms with Crippen molar-refractivity contribution in [3.05, 3.63) is 18.2 Å². The Kier molecular flexibility index (Phi) is 4.29. The van der Waals surface area contributed by atoms with Crippen LogP contribution in [-0.2, 0) is 0 Å². The summed E-state index contributed by atoms with van der Waals surface area (Å²) in [5.74, 6) is 5.11. The van der Waals surface area contributed by atoms with Crippen LogP contribution < -0.4 is 20.1 Å². The number of rotatable bonds is 4. The van der Waals surface area contributed by atoms with Crippen molar-refractivity contribution in [2.75, 3.05) is 19.5 Å². The first-order chi connectivity index (χ1) is 11.7. The zero-order chi connectivity index (χ0) is 16.7. The maximum absolute atomic E-state index is 5.60. The Hall–Kier alpha value is -1.49. The largest absolute Gasteiger partial charge is 0.497 e. The van der Waals surface area contributed by atoms with Gasteiger partial charge in [-0.15, -0.1) is 0 Å². The van der Waals surface area contributed by atoms with Crippen LogP contribution in [0.25, 0.3) is 0 Å². The smallest absolute Gasteiger partial charge is 0.171 e. The number of benzene rings is 1. The van der Waals surface area contributed by atoms with Crippen LogP contribution in [0.3, 0.4) is 0 Å². The summed E-state index contributed by atoms with van der Waals surface area (Å²) in [6.45, 7) is 0. The van der Waals surface area contributed by atoms with E-state index in [1.165, 1.54) is 32.1 Å². The third-order valence-electron chi connectivity index (χ3n) is 6.18. The fourth-order valence-electron chi connectivity index (χ4n) is 5.38. The molecule has 4 aliphatic carbocycles. The lowest BCUT2D eigenvalue weighted by molar-refractivity contribution is -0.00665. The molecule has 4 fully saturated rings. The number of nitrogens with one attached hydrogen (secondary N) is 2. The third-order valence-corrected chi connectivity index (χ3v) is 6.40. The van der Waals surface area contributed by atoms with E-state index in [9.17, 15) is 0 Å². The molecule has 1 aromatic rings. The summed E-state index contributed by atoms with van der Waals surface area (Å²) in [7, 11) is 3.33. The van der Waals surface area contributed by atoms with Gasteiger partial charge in [0, 0.05) is 12.1 Å². The highest BCUT2D eigenvalue weighted by atomic mass is 32.1. The fourth-order valence-corrected chi connectivity index (χ4v) is 5.63. The lowest BCUT2D eigenvalue weighted by Gasteiger charge is -2.54. The topological polar surface area (TPSA) is 42.5 Å². The molecule has 24 heavy (non-hydrogen) atoms. The number of hydrogen-bond donors (Lipinski definition) is 2. The molecular formula is C19H26N2O2S. The maximum atomic E-state index is 5.60. The predicted octanol–water partition coefficient (Wildman–Crippen LogP) is 3.81. The van der Waals surface area contributed by atoms with Gasteiger partial charge in [0.15, 0.2) is 5.11 Å². The lowest BCUT2D eigenvalue weighted by atomic mass is 9.54. The van der Waals surface area contributed by atoms with Gasteiger partial charge in [-0.1, -0.05) is 0 Å². The number of thiocarbonyl (C=S) groups is 1. The Morgan fingerprint density at radius 3 is 2.25 bits per heavy atom. The summed E-state index contributed by atoms with van der Waals surface area (Å²) < 4.78 is 10.7. The molecule has 130 valence electrons. The average molecular weight is 346 g/mol.